The van der Waals surface area contributed by atoms with Crippen molar-refractivity contribution < 1.29 is 13.2 Å². The topological polar surface area (TPSA) is 67.3 Å². The first kappa shape index (κ1) is 20.2. The molecule has 2 heterocycles. The van der Waals surface area contributed by atoms with E-state index in [1.165, 1.54) is 11.3 Å². The van der Waals surface area contributed by atoms with Crippen LogP contribution in [0.15, 0.2) is 34.5 Å². The summed E-state index contributed by atoms with van der Waals surface area (Å²) in [5.74, 6) is 0.757. The number of piperidine rings is 1. The van der Waals surface area contributed by atoms with E-state index in [-0.39, 0.29) is 11.7 Å². The second kappa shape index (κ2) is 8.20. The maximum Gasteiger partial charge on any atom is 0.243 e. The molecule has 1 aromatic carbocycles. The lowest BCUT2D eigenvalue weighted by atomic mass is 10.0. The monoisotopic (exact) mass is 406 g/mol. The van der Waals surface area contributed by atoms with E-state index in [4.69, 9.17) is 0 Å². The SMILES string of the molecule is CC1CCN(S(=O)(=O)c2ccc(-c3csc(CC(=O)C(C)C)n3)cc2)CC1. The molecule has 1 aliphatic heterocycles. The fraction of sp³-hybridized carbons (Fsp3) is 0.500. The minimum absolute atomic E-state index is 0.000357. The summed E-state index contributed by atoms with van der Waals surface area (Å²) in [7, 11) is -3.43. The summed E-state index contributed by atoms with van der Waals surface area (Å²) in [4.78, 5) is 16.7. The maximum atomic E-state index is 12.8. The second-order valence-electron chi connectivity index (χ2n) is 7.54. The Bertz CT molecular complexity index is 894. The minimum Gasteiger partial charge on any atom is -0.299 e. The average molecular weight is 407 g/mol. The van der Waals surface area contributed by atoms with Gasteiger partial charge in [-0.1, -0.05) is 32.9 Å². The van der Waals surface area contributed by atoms with E-state index in [1.807, 2.05) is 19.2 Å². The van der Waals surface area contributed by atoms with Crippen molar-refractivity contribution in [3.05, 3.63) is 34.7 Å². The number of carbonyl (C=O) groups excluding carboxylic acids is 1. The van der Waals surface area contributed by atoms with Crippen LogP contribution in [0.1, 0.15) is 38.6 Å². The first-order valence-corrected chi connectivity index (χ1v) is 11.7. The molecule has 0 unspecified atom stereocenters. The molecule has 7 heteroatoms. The molecule has 27 heavy (non-hydrogen) atoms. The lowest BCUT2D eigenvalue weighted by Crippen LogP contribution is -2.37. The van der Waals surface area contributed by atoms with Crippen molar-refractivity contribution in [3.63, 3.8) is 0 Å². The summed E-state index contributed by atoms with van der Waals surface area (Å²) in [6.07, 6.45) is 2.17. The van der Waals surface area contributed by atoms with Gasteiger partial charge >= 0.3 is 0 Å². The van der Waals surface area contributed by atoms with Crippen molar-refractivity contribution in [2.75, 3.05) is 13.1 Å². The van der Waals surface area contributed by atoms with E-state index >= 15 is 0 Å². The normalized spacial score (nSPS) is 16.7. The third-order valence-electron chi connectivity index (χ3n) is 5.05. The molecule has 0 saturated carbocycles. The van der Waals surface area contributed by atoms with E-state index in [1.54, 1.807) is 28.6 Å². The van der Waals surface area contributed by atoms with Gasteiger partial charge in [0.2, 0.25) is 10.0 Å². The lowest BCUT2D eigenvalue weighted by Gasteiger charge is -2.29. The average Bonchev–Trinajstić information content (AvgIpc) is 3.10. The number of aromatic nitrogens is 1. The summed E-state index contributed by atoms with van der Waals surface area (Å²) < 4.78 is 27.2. The van der Waals surface area contributed by atoms with Gasteiger partial charge in [-0.05, 0) is 30.9 Å². The number of Topliss-reactive ketones (excluding diaryl/α,β-unsaturated/α-hetero) is 1. The van der Waals surface area contributed by atoms with Gasteiger partial charge in [0.05, 0.1) is 17.0 Å². The van der Waals surface area contributed by atoms with Gasteiger partial charge in [-0.15, -0.1) is 11.3 Å². The van der Waals surface area contributed by atoms with E-state index in [9.17, 15) is 13.2 Å². The highest BCUT2D eigenvalue weighted by atomic mass is 32.2. The number of carbonyl (C=O) groups is 1. The molecule has 1 fully saturated rings. The van der Waals surface area contributed by atoms with Gasteiger partial charge in [0, 0.05) is 30.0 Å². The maximum absolute atomic E-state index is 12.8. The number of thiazole rings is 1. The Kier molecular flexibility index (Phi) is 6.13. The van der Waals surface area contributed by atoms with Crippen LogP contribution < -0.4 is 0 Å². The Morgan fingerprint density at radius 2 is 1.85 bits per heavy atom. The number of sulfonamides is 1. The van der Waals surface area contributed by atoms with Crippen LogP contribution in [-0.2, 0) is 21.2 Å². The Hall–Kier alpha value is -1.57. The molecule has 0 aliphatic carbocycles. The number of hydrogen-bond acceptors (Lipinski definition) is 5. The number of benzene rings is 1. The van der Waals surface area contributed by atoms with Gasteiger partial charge in [-0.3, -0.25) is 4.79 Å². The predicted octanol–water partition coefficient (Wildman–Crippen LogP) is 4.00. The minimum atomic E-state index is -3.43. The fourth-order valence-corrected chi connectivity index (χ4v) is 5.33. The van der Waals surface area contributed by atoms with Crippen LogP contribution in [0.4, 0.5) is 0 Å². The van der Waals surface area contributed by atoms with E-state index in [0.717, 1.165) is 29.1 Å². The van der Waals surface area contributed by atoms with Crippen molar-refractivity contribution in [2.45, 2.75) is 44.9 Å². The van der Waals surface area contributed by atoms with Crippen LogP contribution in [-0.4, -0.2) is 36.6 Å². The van der Waals surface area contributed by atoms with Crippen molar-refractivity contribution in [3.8, 4) is 11.3 Å². The highest BCUT2D eigenvalue weighted by Crippen LogP contribution is 2.27. The highest BCUT2D eigenvalue weighted by molar-refractivity contribution is 7.89. The lowest BCUT2D eigenvalue weighted by molar-refractivity contribution is -0.121. The quantitative estimate of drug-likeness (QED) is 0.727. The standard InChI is InChI=1S/C20H26N2O3S2/c1-14(2)19(23)12-20-21-18(13-26-20)16-4-6-17(7-5-16)27(24,25)22-10-8-15(3)9-11-22/h4-7,13-15H,8-12H2,1-3H3. The third-order valence-corrected chi connectivity index (χ3v) is 7.81. The van der Waals surface area contributed by atoms with Crippen LogP contribution in [0.3, 0.4) is 0 Å². The Labute approximate surface area is 165 Å². The molecule has 5 nitrogen and oxygen atoms in total. The van der Waals surface area contributed by atoms with Crippen LogP contribution in [0, 0.1) is 11.8 Å². The number of hydrogen-bond donors (Lipinski definition) is 0. The van der Waals surface area contributed by atoms with E-state index in [0.29, 0.717) is 30.3 Å². The molecular weight excluding hydrogens is 380 g/mol. The Balaban J connectivity index is 1.74. The molecular formula is C20H26N2O3S2. The van der Waals surface area contributed by atoms with Gasteiger partial charge in [0.25, 0.3) is 0 Å². The molecule has 0 radical (unpaired) electrons. The Morgan fingerprint density at radius 3 is 2.44 bits per heavy atom. The van der Waals surface area contributed by atoms with E-state index < -0.39 is 10.0 Å². The molecule has 0 spiro atoms. The first-order valence-electron chi connectivity index (χ1n) is 9.35. The largest absolute Gasteiger partial charge is 0.299 e. The first-order chi connectivity index (χ1) is 12.8. The van der Waals surface area contributed by atoms with Crippen molar-refractivity contribution in [1.82, 2.24) is 9.29 Å². The molecule has 1 aliphatic rings. The van der Waals surface area contributed by atoms with Gasteiger partial charge in [-0.2, -0.15) is 4.31 Å². The summed E-state index contributed by atoms with van der Waals surface area (Å²) in [5.41, 5.74) is 1.64. The molecule has 1 saturated heterocycles. The Morgan fingerprint density at radius 1 is 1.22 bits per heavy atom. The highest BCUT2D eigenvalue weighted by Gasteiger charge is 2.28. The van der Waals surface area contributed by atoms with Crippen molar-refractivity contribution >= 4 is 27.1 Å². The van der Waals surface area contributed by atoms with Crippen molar-refractivity contribution in [2.24, 2.45) is 11.8 Å². The van der Waals surface area contributed by atoms with Gasteiger partial charge in [-0.25, -0.2) is 13.4 Å². The summed E-state index contributed by atoms with van der Waals surface area (Å²) in [6.45, 7) is 7.11. The summed E-state index contributed by atoms with van der Waals surface area (Å²) >= 11 is 1.46. The molecule has 146 valence electrons. The number of ketones is 1. The van der Waals surface area contributed by atoms with Crippen LogP contribution in [0.5, 0.6) is 0 Å². The molecule has 0 bridgehead atoms. The number of nitrogens with zero attached hydrogens (tertiary/aromatic N) is 2. The molecule has 0 atom stereocenters. The third kappa shape index (κ3) is 4.65. The smallest absolute Gasteiger partial charge is 0.243 e. The van der Waals surface area contributed by atoms with Gasteiger partial charge in [0.1, 0.15) is 10.8 Å². The second-order valence-corrected chi connectivity index (χ2v) is 10.4. The fourth-order valence-electron chi connectivity index (χ4n) is 3.05. The van der Waals surface area contributed by atoms with E-state index in [2.05, 4.69) is 11.9 Å². The van der Waals surface area contributed by atoms with Gasteiger partial charge in [0.15, 0.2) is 0 Å². The van der Waals surface area contributed by atoms with Crippen LogP contribution in [0.2, 0.25) is 0 Å². The molecule has 1 aromatic heterocycles. The van der Waals surface area contributed by atoms with Crippen LogP contribution in [0.25, 0.3) is 11.3 Å². The van der Waals surface area contributed by atoms with Crippen molar-refractivity contribution in [1.29, 1.82) is 0 Å². The summed E-state index contributed by atoms with van der Waals surface area (Å²) in [5, 5.41) is 2.71. The zero-order valence-corrected chi connectivity index (χ0v) is 17.6. The van der Waals surface area contributed by atoms with Crippen LogP contribution >= 0.6 is 11.3 Å². The zero-order chi connectivity index (χ0) is 19.6. The molecule has 2 aromatic rings. The summed E-state index contributed by atoms with van der Waals surface area (Å²) in [6, 6.07) is 6.90. The molecule has 0 N–H and O–H groups in total. The number of rotatable bonds is 6. The molecule has 3 rings (SSSR count). The molecule has 0 amide bonds. The van der Waals surface area contributed by atoms with Gasteiger partial charge < -0.3 is 0 Å². The zero-order valence-electron chi connectivity index (χ0n) is 16.0. The predicted molar refractivity (Wildman–Crippen MR) is 108 cm³/mol.